The molecule has 0 spiro atoms. The third-order valence-electron chi connectivity index (χ3n) is 3.30. The van der Waals surface area contributed by atoms with Crippen molar-refractivity contribution in [3.63, 3.8) is 0 Å². The maximum Gasteiger partial charge on any atom is 0.251 e. The summed E-state index contributed by atoms with van der Waals surface area (Å²) < 4.78 is 5.65. The minimum Gasteiger partial charge on any atom is -0.494 e. The van der Waals surface area contributed by atoms with Gasteiger partial charge in [0.05, 0.1) is 6.61 Å². The first kappa shape index (κ1) is 13.9. The SMILES string of the molecule is CCCCCCOc1ccc(C(=O)NC2CC2)cc1. The van der Waals surface area contributed by atoms with Gasteiger partial charge in [-0.05, 0) is 43.5 Å². The molecule has 3 heteroatoms. The van der Waals surface area contributed by atoms with E-state index in [4.69, 9.17) is 4.74 Å². The Balaban J connectivity index is 1.72. The molecule has 0 saturated heterocycles. The Morgan fingerprint density at radius 3 is 2.58 bits per heavy atom. The summed E-state index contributed by atoms with van der Waals surface area (Å²) in [5, 5.41) is 2.98. The van der Waals surface area contributed by atoms with Gasteiger partial charge >= 0.3 is 0 Å². The Bertz CT molecular complexity index is 396. The van der Waals surface area contributed by atoms with Crippen LogP contribution in [0, 0.1) is 0 Å². The van der Waals surface area contributed by atoms with Crippen LogP contribution in [-0.4, -0.2) is 18.6 Å². The van der Waals surface area contributed by atoms with Gasteiger partial charge in [-0.3, -0.25) is 4.79 Å². The van der Waals surface area contributed by atoms with Crippen LogP contribution in [0.2, 0.25) is 0 Å². The number of unbranched alkanes of at least 4 members (excludes halogenated alkanes) is 3. The Kier molecular flexibility index (Phi) is 5.25. The van der Waals surface area contributed by atoms with Crippen LogP contribution >= 0.6 is 0 Å². The zero-order valence-corrected chi connectivity index (χ0v) is 11.7. The first-order valence-electron chi connectivity index (χ1n) is 7.33. The highest BCUT2D eigenvalue weighted by molar-refractivity contribution is 5.94. The van der Waals surface area contributed by atoms with E-state index in [1.54, 1.807) is 0 Å². The molecule has 104 valence electrons. The van der Waals surface area contributed by atoms with Crippen molar-refractivity contribution in [3.05, 3.63) is 29.8 Å². The predicted molar refractivity (Wildman–Crippen MR) is 76.6 cm³/mol. The van der Waals surface area contributed by atoms with Crippen LogP contribution in [0.15, 0.2) is 24.3 Å². The fourth-order valence-corrected chi connectivity index (χ4v) is 1.92. The van der Waals surface area contributed by atoms with Crippen LogP contribution in [0.25, 0.3) is 0 Å². The normalized spacial score (nSPS) is 14.2. The van der Waals surface area contributed by atoms with Gasteiger partial charge in [0.15, 0.2) is 0 Å². The second-order valence-corrected chi connectivity index (χ2v) is 5.18. The van der Waals surface area contributed by atoms with E-state index in [1.807, 2.05) is 24.3 Å². The molecular weight excluding hydrogens is 238 g/mol. The van der Waals surface area contributed by atoms with Crippen molar-refractivity contribution < 1.29 is 9.53 Å². The second-order valence-electron chi connectivity index (χ2n) is 5.18. The summed E-state index contributed by atoms with van der Waals surface area (Å²) in [6.07, 6.45) is 7.06. The molecule has 1 N–H and O–H groups in total. The van der Waals surface area contributed by atoms with Gasteiger partial charge in [0.25, 0.3) is 5.91 Å². The van der Waals surface area contributed by atoms with Crippen LogP contribution in [0.1, 0.15) is 55.8 Å². The van der Waals surface area contributed by atoms with Gasteiger partial charge in [-0.15, -0.1) is 0 Å². The van der Waals surface area contributed by atoms with Crippen LogP contribution in [0.4, 0.5) is 0 Å². The van der Waals surface area contributed by atoms with Crippen molar-refractivity contribution >= 4 is 5.91 Å². The Labute approximate surface area is 115 Å². The van der Waals surface area contributed by atoms with Gasteiger partial charge in [-0.25, -0.2) is 0 Å². The fourth-order valence-electron chi connectivity index (χ4n) is 1.92. The van der Waals surface area contributed by atoms with Crippen LogP contribution in [-0.2, 0) is 0 Å². The molecule has 19 heavy (non-hydrogen) atoms. The molecule has 1 aromatic carbocycles. The molecule has 1 aromatic rings. The lowest BCUT2D eigenvalue weighted by Crippen LogP contribution is -2.25. The number of hydrogen-bond acceptors (Lipinski definition) is 2. The summed E-state index contributed by atoms with van der Waals surface area (Å²) in [6, 6.07) is 7.82. The number of ether oxygens (including phenoxy) is 1. The largest absolute Gasteiger partial charge is 0.494 e. The summed E-state index contributed by atoms with van der Waals surface area (Å²) in [5.41, 5.74) is 0.713. The van der Waals surface area contributed by atoms with E-state index in [0.29, 0.717) is 11.6 Å². The predicted octanol–water partition coefficient (Wildman–Crippen LogP) is 3.54. The van der Waals surface area contributed by atoms with E-state index in [-0.39, 0.29) is 5.91 Å². The fraction of sp³-hybridized carbons (Fsp3) is 0.562. The Hall–Kier alpha value is -1.51. The molecule has 0 bridgehead atoms. The van der Waals surface area contributed by atoms with Crippen molar-refractivity contribution in [2.45, 2.75) is 51.5 Å². The first-order chi connectivity index (χ1) is 9.29. The maximum absolute atomic E-state index is 11.8. The summed E-state index contributed by atoms with van der Waals surface area (Å²) >= 11 is 0. The first-order valence-corrected chi connectivity index (χ1v) is 7.33. The topological polar surface area (TPSA) is 38.3 Å². The average Bonchev–Trinajstić information content (AvgIpc) is 3.23. The molecule has 2 rings (SSSR count). The molecule has 1 fully saturated rings. The molecule has 1 aliphatic rings. The molecule has 0 unspecified atom stereocenters. The standard InChI is InChI=1S/C16H23NO2/c1-2-3-4-5-12-19-15-10-6-13(7-11-15)16(18)17-14-8-9-14/h6-7,10-11,14H,2-5,8-9,12H2,1H3,(H,17,18). The number of rotatable bonds is 8. The van der Waals surface area contributed by atoms with Crippen molar-refractivity contribution in [1.29, 1.82) is 0 Å². The summed E-state index contributed by atoms with van der Waals surface area (Å²) in [4.78, 5) is 11.8. The molecule has 0 aliphatic heterocycles. The van der Waals surface area contributed by atoms with Crippen molar-refractivity contribution in [3.8, 4) is 5.75 Å². The highest BCUT2D eigenvalue weighted by atomic mass is 16.5. The zero-order valence-electron chi connectivity index (χ0n) is 11.7. The lowest BCUT2D eigenvalue weighted by Gasteiger charge is -2.07. The lowest BCUT2D eigenvalue weighted by molar-refractivity contribution is 0.0951. The van der Waals surface area contributed by atoms with Crippen molar-refractivity contribution in [1.82, 2.24) is 5.32 Å². The van der Waals surface area contributed by atoms with Crippen LogP contribution < -0.4 is 10.1 Å². The summed E-state index contributed by atoms with van der Waals surface area (Å²) in [6.45, 7) is 2.96. The molecule has 1 aliphatic carbocycles. The van der Waals surface area contributed by atoms with Gasteiger partial charge in [-0.2, -0.15) is 0 Å². The lowest BCUT2D eigenvalue weighted by atomic mass is 10.2. The molecular formula is C16H23NO2. The van der Waals surface area contributed by atoms with Crippen LogP contribution in [0.5, 0.6) is 5.75 Å². The van der Waals surface area contributed by atoms with Crippen LogP contribution in [0.3, 0.4) is 0 Å². The summed E-state index contributed by atoms with van der Waals surface area (Å²) in [5.74, 6) is 0.872. The molecule has 0 aromatic heterocycles. The maximum atomic E-state index is 11.8. The second kappa shape index (κ2) is 7.17. The van der Waals surface area contributed by atoms with Crippen molar-refractivity contribution in [2.75, 3.05) is 6.61 Å². The van der Waals surface area contributed by atoms with Gasteiger partial charge in [0, 0.05) is 11.6 Å². The number of hydrogen-bond donors (Lipinski definition) is 1. The number of nitrogens with one attached hydrogen (secondary N) is 1. The minimum absolute atomic E-state index is 0.0250. The van der Waals surface area contributed by atoms with Gasteiger partial charge in [0.1, 0.15) is 5.75 Å². The Morgan fingerprint density at radius 1 is 1.21 bits per heavy atom. The van der Waals surface area contributed by atoms with Gasteiger partial charge in [0.2, 0.25) is 0 Å². The number of amides is 1. The van der Waals surface area contributed by atoms with E-state index in [2.05, 4.69) is 12.2 Å². The smallest absolute Gasteiger partial charge is 0.251 e. The van der Waals surface area contributed by atoms with E-state index in [9.17, 15) is 4.79 Å². The van der Waals surface area contributed by atoms with Crippen molar-refractivity contribution in [2.24, 2.45) is 0 Å². The van der Waals surface area contributed by atoms with E-state index in [0.717, 1.165) is 31.6 Å². The molecule has 0 heterocycles. The number of carbonyl (C=O) groups is 1. The monoisotopic (exact) mass is 261 g/mol. The number of benzene rings is 1. The van der Waals surface area contributed by atoms with E-state index in [1.165, 1.54) is 19.3 Å². The summed E-state index contributed by atoms with van der Waals surface area (Å²) in [7, 11) is 0. The third kappa shape index (κ3) is 4.93. The minimum atomic E-state index is 0.0250. The highest BCUT2D eigenvalue weighted by Crippen LogP contribution is 2.20. The average molecular weight is 261 g/mol. The molecule has 1 saturated carbocycles. The highest BCUT2D eigenvalue weighted by Gasteiger charge is 2.23. The molecule has 1 amide bonds. The molecule has 3 nitrogen and oxygen atoms in total. The van der Waals surface area contributed by atoms with Gasteiger partial charge in [-0.1, -0.05) is 26.2 Å². The zero-order chi connectivity index (χ0) is 13.5. The molecule has 0 atom stereocenters. The molecule has 0 radical (unpaired) electrons. The third-order valence-corrected chi connectivity index (χ3v) is 3.30. The van der Waals surface area contributed by atoms with Gasteiger partial charge < -0.3 is 10.1 Å². The van der Waals surface area contributed by atoms with E-state index >= 15 is 0 Å². The number of carbonyl (C=O) groups excluding carboxylic acids is 1. The Morgan fingerprint density at radius 2 is 1.95 bits per heavy atom. The quantitative estimate of drug-likeness (QED) is 0.727. The van der Waals surface area contributed by atoms with E-state index < -0.39 is 0 Å².